The Balaban J connectivity index is 0.00000225. The van der Waals surface area contributed by atoms with E-state index in [1.165, 1.54) is 11.1 Å². The van der Waals surface area contributed by atoms with Gasteiger partial charge in [-0.25, -0.2) is 4.99 Å². The van der Waals surface area contributed by atoms with Crippen molar-refractivity contribution in [3.63, 3.8) is 0 Å². The molecule has 0 saturated heterocycles. The Kier molecular flexibility index (Phi) is 7.37. The van der Waals surface area contributed by atoms with Crippen molar-refractivity contribution in [2.24, 2.45) is 10.7 Å². The zero-order chi connectivity index (χ0) is 17.1. The molecule has 2 aromatic rings. The molecular formula is C18H20Cl2IN3O. The van der Waals surface area contributed by atoms with Crippen molar-refractivity contribution in [1.29, 1.82) is 0 Å². The van der Waals surface area contributed by atoms with Crippen molar-refractivity contribution in [2.45, 2.75) is 32.7 Å². The first-order chi connectivity index (χ1) is 11.5. The number of nitrogens with one attached hydrogen (secondary N) is 1. The number of hydrogen-bond donors (Lipinski definition) is 2. The van der Waals surface area contributed by atoms with Crippen LogP contribution in [0, 0.1) is 0 Å². The minimum atomic E-state index is -0.0630. The normalized spacial score (nSPS) is 14.6. The van der Waals surface area contributed by atoms with E-state index in [1.54, 1.807) is 12.1 Å². The second-order valence-electron chi connectivity index (χ2n) is 5.83. The van der Waals surface area contributed by atoms with Gasteiger partial charge in [0.05, 0.1) is 25.8 Å². The molecule has 2 aromatic carbocycles. The Bertz CT molecular complexity index is 783. The monoisotopic (exact) mass is 491 g/mol. The Hall–Kier alpha value is -1.02. The SMILES string of the molecule is CC(NC(N)=NCc1ccc2c(c1)COC2)c1ccc(Cl)cc1Cl.I. The van der Waals surface area contributed by atoms with Gasteiger partial charge >= 0.3 is 0 Å². The third-order valence-corrected chi connectivity index (χ3v) is 4.57. The maximum Gasteiger partial charge on any atom is 0.189 e. The molecule has 0 bridgehead atoms. The summed E-state index contributed by atoms with van der Waals surface area (Å²) < 4.78 is 5.42. The summed E-state index contributed by atoms with van der Waals surface area (Å²) in [5, 5.41) is 4.37. The highest BCUT2D eigenvalue weighted by molar-refractivity contribution is 14.0. The molecule has 1 atom stereocenters. The van der Waals surface area contributed by atoms with Gasteiger partial charge in [-0.05, 0) is 41.3 Å². The maximum absolute atomic E-state index is 6.22. The Labute approximate surface area is 174 Å². The molecule has 3 N–H and O–H groups in total. The van der Waals surface area contributed by atoms with Gasteiger partial charge in [-0.1, -0.05) is 47.5 Å². The molecule has 0 spiro atoms. The molecule has 0 saturated carbocycles. The van der Waals surface area contributed by atoms with Gasteiger partial charge in [-0.3, -0.25) is 0 Å². The minimum absolute atomic E-state index is 0. The van der Waals surface area contributed by atoms with Gasteiger partial charge in [0.1, 0.15) is 0 Å². The van der Waals surface area contributed by atoms with E-state index in [-0.39, 0.29) is 30.0 Å². The number of aliphatic imine (C=N–C) groups is 1. The first-order valence-electron chi connectivity index (χ1n) is 7.73. The van der Waals surface area contributed by atoms with E-state index in [1.807, 2.05) is 13.0 Å². The van der Waals surface area contributed by atoms with Gasteiger partial charge < -0.3 is 15.8 Å². The molecule has 1 heterocycles. The molecule has 0 fully saturated rings. The third-order valence-electron chi connectivity index (χ3n) is 4.01. The quantitative estimate of drug-likeness (QED) is 0.366. The lowest BCUT2D eigenvalue weighted by Crippen LogP contribution is -2.34. The molecule has 7 heteroatoms. The first kappa shape index (κ1) is 20.3. The second-order valence-corrected chi connectivity index (χ2v) is 6.67. The van der Waals surface area contributed by atoms with Gasteiger partial charge in [-0.15, -0.1) is 24.0 Å². The number of nitrogens with two attached hydrogens (primary N) is 1. The summed E-state index contributed by atoms with van der Waals surface area (Å²) in [5.41, 5.74) is 10.5. The number of halogens is 3. The van der Waals surface area contributed by atoms with E-state index in [0.29, 0.717) is 35.8 Å². The van der Waals surface area contributed by atoms with E-state index in [9.17, 15) is 0 Å². The number of hydrogen-bond acceptors (Lipinski definition) is 2. The fourth-order valence-corrected chi connectivity index (χ4v) is 3.27. The highest BCUT2D eigenvalue weighted by Crippen LogP contribution is 2.26. The summed E-state index contributed by atoms with van der Waals surface area (Å²) in [4.78, 5) is 4.41. The number of ether oxygens (including phenoxy) is 1. The average molecular weight is 492 g/mol. The van der Waals surface area contributed by atoms with Gasteiger partial charge in [0, 0.05) is 10.0 Å². The molecule has 1 aliphatic rings. The number of benzene rings is 2. The zero-order valence-corrected chi connectivity index (χ0v) is 17.6. The van der Waals surface area contributed by atoms with Gasteiger partial charge in [0.15, 0.2) is 5.96 Å². The third kappa shape index (κ3) is 5.23. The lowest BCUT2D eigenvalue weighted by molar-refractivity contribution is 0.134. The van der Waals surface area contributed by atoms with Crippen molar-refractivity contribution in [3.05, 3.63) is 68.7 Å². The van der Waals surface area contributed by atoms with Crippen molar-refractivity contribution in [1.82, 2.24) is 5.32 Å². The molecule has 0 aliphatic carbocycles. The van der Waals surface area contributed by atoms with E-state index < -0.39 is 0 Å². The number of guanidine groups is 1. The van der Waals surface area contributed by atoms with Gasteiger partial charge in [0.2, 0.25) is 0 Å². The standard InChI is InChI=1S/C18H19Cl2N3O.HI/c1-11(16-5-4-15(19)7-17(16)20)23-18(21)22-8-12-2-3-13-9-24-10-14(13)6-12;/h2-7,11H,8-10H2,1H3,(H3,21,22,23);1H. The fourth-order valence-electron chi connectivity index (χ4n) is 2.70. The van der Waals surface area contributed by atoms with Crippen LogP contribution in [0.5, 0.6) is 0 Å². The summed E-state index contributed by atoms with van der Waals surface area (Å²) in [5.74, 6) is 0.380. The molecule has 1 unspecified atom stereocenters. The molecule has 0 aromatic heterocycles. The molecular weight excluding hydrogens is 472 g/mol. The van der Waals surface area contributed by atoms with E-state index in [0.717, 1.165) is 11.1 Å². The molecule has 0 radical (unpaired) electrons. The topological polar surface area (TPSA) is 59.6 Å². The van der Waals surface area contributed by atoms with Crippen LogP contribution in [0.1, 0.15) is 35.2 Å². The molecule has 4 nitrogen and oxygen atoms in total. The summed E-state index contributed by atoms with van der Waals surface area (Å²) in [6.07, 6.45) is 0. The first-order valence-corrected chi connectivity index (χ1v) is 8.48. The largest absolute Gasteiger partial charge is 0.372 e. The van der Waals surface area contributed by atoms with Crippen LogP contribution in [0.25, 0.3) is 0 Å². The summed E-state index contributed by atoms with van der Waals surface area (Å²) in [6, 6.07) is 11.6. The van der Waals surface area contributed by atoms with Crippen LogP contribution >= 0.6 is 47.2 Å². The summed E-state index contributed by atoms with van der Waals surface area (Å²) in [7, 11) is 0. The Morgan fingerprint density at radius 2 is 1.96 bits per heavy atom. The summed E-state index contributed by atoms with van der Waals surface area (Å²) in [6.45, 7) is 3.87. The lowest BCUT2D eigenvalue weighted by Gasteiger charge is -2.16. The minimum Gasteiger partial charge on any atom is -0.372 e. The molecule has 134 valence electrons. The van der Waals surface area contributed by atoms with Crippen molar-refractivity contribution >= 4 is 53.1 Å². The molecule has 3 rings (SSSR count). The lowest BCUT2D eigenvalue weighted by atomic mass is 10.1. The van der Waals surface area contributed by atoms with Crippen LogP contribution in [0.15, 0.2) is 41.4 Å². The number of fused-ring (bicyclic) bond motifs is 1. The van der Waals surface area contributed by atoms with Crippen LogP contribution in [0.4, 0.5) is 0 Å². The van der Waals surface area contributed by atoms with E-state index >= 15 is 0 Å². The Morgan fingerprint density at radius 1 is 1.20 bits per heavy atom. The highest BCUT2D eigenvalue weighted by Gasteiger charge is 2.12. The van der Waals surface area contributed by atoms with E-state index in [4.69, 9.17) is 33.7 Å². The molecule has 25 heavy (non-hydrogen) atoms. The smallest absolute Gasteiger partial charge is 0.189 e. The number of nitrogens with zero attached hydrogens (tertiary/aromatic N) is 1. The van der Waals surface area contributed by atoms with Crippen molar-refractivity contribution in [3.8, 4) is 0 Å². The van der Waals surface area contributed by atoms with Crippen molar-refractivity contribution < 1.29 is 4.74 Å². The van der Waals surface area contributed by atoms with Crippen LogP contribution in [0.2, 0.25) is 10.0 Å². The van der Waals surface area contributed by atoms with E-state index in [2.05, 4.69) is 28.5 Å². The molecule has 1 aliphatic heterocycles. The molecule has 0 amide bonds. The predicted molar refractivity (Wildman–Crippen MR) is 114 cm³/mol. The summed E-state index contributed by atoms with van der Waals surface area (Å²) >= 11 is 12.1. The van der Waals surface area contributed by atoms with Crippen LogP contribution in [-0.4, -0.2) is 5.96 Å². The fraction of sp³-hybridized carbons (Fsp3) is 0.278. The predicted octanol–water partition coefficient (Wildman–Crippen LogP) is 4.81. The van der Waals surface area contributed by atoms with Crippen LogP contribution in [-0.2, 0) is 24.5 Å². The number of rotatable bonds is 4. The van der Waals surface area contributed by atoms with Crippen LogP contribution in [0.3, 0.4) is 0 Å². The Morgan fingerprint density at radius 3 is 2.72 bits per heavy atom. The van der Waals surface area contributed by atoms with Gasteiger partial charge in [-0.2, -0.15) is 0 Å². The second kappa shape index (κ2) is 9.07. The van der Waals surface area contributed by atoms with Crippen LogP contribution < -0.4 is 11.1 Å². The maximum atomic E-state index is 6.22. The van der Waals surface area contributed by atoms with Crippen molar-refractivity contribution in [2.75, 3.05) is 0 Å². The zero-order valence-electron chi connectivity index (χ0n) is 13.8. The highest BCUT2D eigenvalue weighted by atomic mass is 127. The van der Waals surface area contributed by atoms with Gasteiger partial charge in [0.25, 0.3) is 0 Å². The average Bonchev–Trinajstić information content (AvgIpc) is 3.00.